The number of hydrogen-bond acceptors (Lipinski definition) is 4. The molecule has 0 aromatic heterocycles. The zero-order valence-corrected chi connectivity index (χ0v) is 16.4. The summed E-state index contributed by atoms with van der Waals surface area (Å²) in [5.41, 5.74) is 0.653. The van der Waals surface area contributed by atoms with Gasteiger partial charge in [-0.05, 0) is 26.0 Å². The van der Waals surface area contributed by atoms with Gasteiger partial charge in [0, 0.05) is 62.9 Å². The number of benzene rings is 1. The number of carbonyl (C=O) groups excluding carboxylic acids is 1. The highest BCUT2D eigenvalue weighted by atomic mass is 19.1. The van der Waals surface area contributed by atoms with E-state index in [0.717, 1.165) is 39.0 Å². The second-order valence-corrected chi connectivity index (χ2v) is 7.69. The molecule has 1 atom stereocenters. The fourth-order valence-corrected chi connectivity index (χ4v) is 4.28. The number of likely N-dealkylation sites (tertiary alicyclic amines) is 1. The summed E-state index contributed by atoms with van der Waals surface area (Å²) in [5, 5.41) is 0. The van der Waals surface area contributed by atoms with Crippen molar-refractivity contribution in [2.45, 2.75) is 31.3 Å². The molecule has 2 aliphatic rings. The number of ether oxygens (including phenoxy) is 1. The summed E-state index contributed by atoms with van der Waals surface area (Å²) in [6.45, 7) is 8.37. The Kier molecular flexibility index (Phi) is 6.17. The first-order valence-electron chi connectivity index (χ1n) is 9.62. The Bertz CT molecular complexity index is 696. The minimum Gasteiger partial charge on any atom is -0.497 e. The predicted octanol–water partition coefficient (Wildman–Crippen LogP) is 2.52. The van der Waals surface area contributed by atoms with Crippen molar-refractivity contribution in [3.05, 3.63) is 42.2 Å². The molecule has 3 rings (SSSR count). The van der Waals surface area contributed by atoms with Crippen LogP contribution in [0.15, 0.2) is 30.9 Å². The number of nitrogens with zero attached hydrogens (tertiary/aromatic N) is 3. The summed E-state index contributed by atoms with van der Waals surface area (Å²) in [6, 6.07) is 5.06. The quantitative estimate of drug-likeness (QED) is 0.741. The van der Waals surface area contributed by atoms with Crippen molar-refractivity contribution in [1.82, 2.24) is 14.7 Å². The van der Waals surface area contributed by atoms with Gasteiger partial charge < -0.3 is 9.64 Å². The lowest BCUT2D eigenvalue weighted by molar-refractivity contribution is -0.130. The smallest absolute Gasteiger partial charge is 0.222 e. The van der Waals surface area contributed by atoms with Crippen LogP contribution in [0.25, 0.3) is 0 Å². The molecule has 2 fully saturated rings. The van der Waals surface area contributed by atoms with Crippen molar-refractivity contribution in [2.24, 2.45) is 0 Å². The Hall–Kier alpha value is -1.92. The first-order chi connectivity index (χ1) is 13.0. The van der Waals surface area contributed by atoms with Crippen molar-refractivity contribution in [2.75, 3.05) is 46.9 Å². The van der Waals surface area contributed by atoms with E-state index < -0.39 is 0 Å². The molecule has 1 amide bonds. The zero-order chi connectivity index (χ0) is 19.4. The number of amides is 1. The van der Waals surface area contributed by atoms with E-state index in [1.54, 1.807) is 13.2 Å². The number of piperazine rings is 1. The maximum atomic E-state index is 14.4. The molecule has 6 heteroatoms. The number of carbonyl (C=O) groups is 1. The molecule has 2 aliphatic heterocycles. The lowest BCUT2D eigenvalue weighted by Crippen LogP contribution is -2.60. The minimum absolute atomic E-state index is 0.0349. The van der Waals surface area contributed by atoms with Crippen LogP contribution in [0.1, 0.15) is 24.8 Å². The van der Waals surface area contributed by atoms with E-state index in [1.165, 1.54) is 6.07 Å². The highest BCUT2D eigenvalue weighted by Gasteiger charge is 2.42. The van der Waals surface area contributed by atoms with E-state index >= 15 is 0 Å². The third-order valence-electron chi connectivity index (χ3n) is 6.09. The van der Waals surface area contributed by atoms with Gasteiger partial charge in [0.15, 0.2) is 0 Å². The molecular weight excluding hydrogens is 345 g/mol. The van der Waals surface area contributed by atoms with Crippen LogP contribution in [0, 0.1) is 5.82 Å². The maximum absolute atomic E-state index is 14.4. The topological polar surface area (TPSA) is 36.0 Å². The van der Waals surface area contributed by atoms with Crippen LogP contribution in [0.3, 0.4) is 0 Å². The van der Waals surface area contributed by atoms with Crippen molar-refractivity contribution in [3.8, 4) is 5.75 Å². The second-order valence-electron chi connectivity index (χ2n) is 7.69. The third-order valence-corrected chi connectivity index (χ3v) is 6.09. The van der Waals surface area contributed by atoms with Crippen LogP contribution in [0.5, 0.6) is 5.75 Å². The van der Waals surface area contributed by atoms with E-state index in [0.29, 0.717) is 30.8 Å². The molecule has 0 N–H and O–H groups in total. The summed E-state index contributed by atoms with van der Waals surface area (Å²) in [7, 11) is 3.70. The lowest BCUT2D eigenvalue weighted by Gasteiger charge is -2.49. The predicted molar refractivity (Wildman–Crippen MR) is 104 cm³/mol. The molecule has 1 spiro atoms. The fourth-order valence-electron chi connectivity index (χ4n) is 4.28. The molecule has 0 radical (unpaired) electrons. The number of likely N-dealkylation sites (N-methyl/N-ethyl adjacent to an activating group) is 1. The molecule has 1 aromatic carbocycles. The Balaban J connectivity index is 1.72. The highest BCUT2D eigenvalue weighted by molar-refractivity contribution is 5.76. The van der Waals surface area contributed by atoms with Gasteiger partial charge in [-0.25, -0.2) is 4.39 Å². The molecule has 27 heavy (non-hydrogen) atoms. The molecule has 2 saturated heterocycles. The van der Waals surface area contributed by atoms with Gasteiger partial charge in [0.1, 0.15) is 11.6 Å². The molecular formula is C21H30FN3O2. The van der Waals surface area contributed by atoms with E-state index in [9.17, 15) is 9.18 Å². The summed E-state index contributed by atoms with van der Waals surface area (Å²) >= 11 is 0. The van der Waals surface area contributed by atoms with Crippen molar-refractivity contribution < 1.29 is 13.9 Å². The van der Waals surface area contributed by atoms with Gasteiger partial charge in [-0.15, -0.1) is 6.58 Å². The molecule has 148 valence electrons. The zero-order valence-electron chi connectivity index (χ0n) is 16.4. The molecule has 0 unspecified atom stereocenters. The van der Waals surface area contributed by atoms with Crippen LogP contribution in [-0.2, 0) is 11.3 Å². The van der Waals surface area contributed by atoms with E-state index in [-0.39, 0.29) is 17.3 Å². The number of hydrogen-bond donors (Lipinski definition) is 0. The van der Waals surface area contributed by atoms with Crippen molar-refractivity contribution >= 4 is 5.91 Å². The normalized spacial score (nSPS) is 24.9. The average molecular weight is 375 g/mol. The molecule has 2 heterocycles. The van der Waals surface area contributed by atoms with Crippen LogP contribution in [-0.4, -0.2) is 73.0 Å². The van der Waals surface area contributed by atoms with E-state index in [4.69, 9.17) is 4.74 Å². The molecule has 1 aromatic rings. The van der Waals surface area contributed by atoms with Crippen LogP contribution >= 0.6 is 0 Å². The van der Waals surface area contributed by atoms with Gasteiger partial charge in [0.2, 0.25) is 5.91 Å². The minimum atomic E-state index is -0.226. The average Bonchev–Trinajstić information content (AvgIpc) is 2.81. The first-order valence-corrected chi connectivity index (χ1v) is 9.62. The Morgan fingerprint density at radius 1 is 1.30 bits per heavy atom. The van der Waals surface area contributed by atoms with Gasteiger partial charge in [0.25, 0.3) is 0 Å². The number of methoxy groups -OCH3 is 1. The lowest BCUT2D eigenvalue weighted by atomic mass is 9.86. The van der Waals surface area contributed by atoms with Gasteiger partial charge in [0.05, 0.1) is 7.11 Å². The van der Waals surface area contributed by atoms with E-state index in [2.05, 4.69) is 23.4 Å². The Morgan fingerprint density at radius 2 is 2.11 bits per heavy atom. The summed E-state index contributed by atoms with van der Waals surface area (Å²) in [6.07, 6.45) is 4.13. The third kappa shape index (κ3) is 4.33. The standard InChI is InChI=1S/C21H30FN3O2/c1-4-10-25-11-9-21(8-7-20(25)26)16-24(13-12-23(21)2)15-17-5-6-18(27-3)14-19(17)22/h4-6,14H,1,7-13,15-16H2,2-3H3/t21-/m0/s1. The number of rotatable bonds is 5. The summed E-state index contributed by atoms with van der Waals surface area (Å²) in [4.78, 5) is 19.0. The fraction of sp³-hybridized carbons (Fsp3) is 0.571. The largest absolute Gasteiger partial charge is 0.497 e. The van der Waals surface area contributed by atoms with Gasteiger partial charge >= 0.3 is 0 Å². The molecule has 0 bridgehead atoms. The van der Waals surface area contributed by atoms with Crippen LogP contribution in [0.2, 0.25) is 0 Å². The van der Waals surface area contributed by atoms with Crippen LogP contribution < -0.4 is 4.74 Å². The van der Waals surface area contributed by atoms with Crippen molar-refractivity contribution in [3.63, 3.8) is 0 Å². The first kappa shape index (κ1) is 19.8. The van der Waals surface area contributed by atoms with E-state index in [1.807, 2.05) is 17.0 Å². The van der Waals surface area contributed by atoms with Gasteiger partial charge in [-0.3, -0.25) is 14.6 Å². The van der Waals surface area contributed by atoms with Gasteiger partial charge in [-0.1, -0.05) is 12.1 Å². The Labute approximate surface area is 161 Å². The highest BCUT2D eigenvalue weighted by Crippen LogP contribution is 2.33. The van der Waals surface area contributed by atoms with Crippen LogP contribution in [0.4, 0.5) is 4.39 Å². The number of halogens is 1. The van der Waals surface area contributed by atoms with Crippen molar-refractivity contribution in [1.29, 1.82) is 0 Å². The Morgan fingerprint density at radius 3 is 2.81 bits per heavy atom. The van der Waals surface area contributed by atoms with Gasteiger partial charge in [-0.2, -0.15) is 0 Å². The molecule has 0 saturated carbocycles. The summed E-state index contributed by atoms with van der Waals surface area (Å²) < 4.78 is 19.5. The second kappa shape index (κ2) is 8.40. The summed E-state index contributed by atoms with van der Waals surface area (Å²) in [5.74, 6) is 0.518. The molecule has 5 nitrogen and oxygen atoms in total. The monoisotopic (exact) mass is 375 g/mol. The maximum Gasteiger partial charge on any atom is 0.222 e. The SMILES string of the molecule is C=CCN1CC[C@@]2(CCC1=O)CN(Cc1ccc(OC)cc1F)CCN2C. The molecule has 0 aliphatic carbocycles.